The highest BCUT2D eigenvalue weighted by Gasteiger charge is 2.34. The van der Waals surface area contributed by atoms with Gasteiger partial charge in [0.2, 0.25) is 17.7 Å². The smallest absolute Gasteiger partial charge is 0.246 e. The third-order valence-corrected chi connectivity index (χ3v) is 8.85. The molecule has 47 heavy (non-hydrogen) atoms. The van der Waals surface area contributed by atoms with Crippen molar-refractivity contribution >= 4 is 28.5 Å². The molecule has 0 heterocycles. The van der Waals surface area contributed by atoms with Crippen LogP contribution in [0, 0.1) is 0 Å². The zero-order chi connectivity index (χ0) is 33.8. The van der Waals surface area contributed by atoms with Crippen molar-refractivity contribution in [2.75, 3.05) is 27.7 Å². The second kappa shape index (κ2) is 16.7. The standard InChI is InChI=1S/C40H48N4O3/c1-40(2,41-3)25-14-21-37(45)43(4)36(29-32-22-23-33-19-12-13-20-34(33)27-32)39(47)44(5)35(28-31-17-10-7-11-18-31)38(46)42-26-24-30-15-8-6-9-16-30/h6-23,27,35-36,41H,24-26,28-29H2,1-5H3,(H,42,46)/b21-14+. The molecule has 4 rings (SSSR count). The number of nitrogens with one attached hydrogen (secondary N) is 2. The third-order valence-electron chi connectivity index (χ3n) is 8.85. The van der Waals surface area contributed by atoms with E-state index in [2.05, 4.69) is 30.5 Å². The van der Waals surface area contributed by atoms with Crippen molar-refractivity contribution in [1.82, 2.24) is 20.4 Å². The quantitative estimate of drug-likeness (QED) is 0.168. The van der Waals surface area contributed by atoms with E-state index in [9.17, 15) is 14.4 Å². The summed E-state index contributed by atoms with van der Waals surface area (Å²) in [5.41, 5.74) is 2.83. The monoisotopic (exact) mass is 632 g/mol. The zero-order valence-corrected chi connectivity index (χ0v) is 28.3. The van der Waals surface area contributed by atoms with E-state index in [0.717, 1.165) is 27.5 Å². The molecule has 0 saturated carbocycles. The van der Waals surface area contributed by atoms with Crippen molar-refractivity contribution in [3.8, 4) is 0 Å². The molecule has 0 fully saturated rings. The first kappa shape index (κ1) is 35.1. The average Bonchev–Trinajstić information content (AvgIpc) is 3.09. The van der Waals surface area contributed by atoms with Crippen LogP contribution in [0.3, 0.4) is 0 Å². The van der Waals surface area contributed by atoms with Gasteiger partial charge in [0.15, 0.2) is 0 Å². The molecule has 4 aromatic carbocycles. The number of hydrogen-bond donors (Lipinski definition) is 2. The van der Waals surface area contributed by atoms with Crippen LogP contribution >= 0.6 is 0 Å². The van der Waals surface area contributed by atoms with Crippen LogP contribution in [0.15, 0.2) is 115 Å². The summed E-state index contributed by atoms with van der Waals surface area (Å²) in [5, 5.41) is 8.47. The van der Waals surface area contributed by atoms with E-state index in [1.54, 1.807) is 14.1 Å². The van der Waals surface area contributed by atoms with Crippen molar-refractivity contribution in [1.29, 1.82) is 0 Å². The summed E-state index contributed by atoms with van der Waals surface area (Å²) in [6.45, 7) is 4.57. The molecule has 0 aliphatic carbocycles. The van der Waals surface area contributed by atoms with Crippen molar-refractivity contribution in [3.05, 3.63) is 132 Å². The summed E-state index contributed by atoms with van der Waals surface area (Å²) in [6.07, 6.45) is 5.36. The molecule has 0 aromatic heterocycles. The van der Waals surface area contributed by atoms with Crippen molar-refractivity contribution in [2.24, 2.45) is 0 Å². The summed E-state index contributed by atoms with van der Waals surface area (Å²) < 4.78 is 0. The van der Waals surface area contributed by atoms with Crippen LogP contribution < -0.4 is 10.6 Å². The number of carbonyl (C=O) groups excluding carboxylic acids is 3. The Morgan fingerprint density at radius 2 is 1.32 bits per heavy atom. The van der Waals surface area contributed by atoms with Crippen LogP contribution in [-0.4, -0.2) is 72.8 Å². The molecule has 3 amide bonds. The van der Waals surface area contributed by atoms with Gasteiger partial charge in [0.05, 0.1) is 0 Å². The summed E-state index contributed by atoms with van der Waals surface area (Å²) >= 11 is 0. The van der Waals surface area contributed by atoms with Crippen molar-refractivity contribution in [3.63, 3.8) is 0 Å². The highest BCUT2D eigenvalue weighted by atomic mass is 16.2. The molecule has 4 aromatic rings. The van der Waals surface area contributed by atoms with Gasteiger partial charge in [-0.25, -0.2) is 0 Å². The number of hydrogen-bond acceptors (Lipinski definition) is 4. The molecule has 2 unspecified atom stereocenters. The summed E-state index contributed by atoms with van der Waals surface area (Å²) in [4.78, 5) is 44.8. The molecule has 0 aliphatic heterocycles. The summed E-state index contributed by atoms with van der Waals surface area (Å²) in [6, 6.07) is 32.3. The molecule has 7 heteroatoms. The molecule has 0 aliphatic rings. The van der Waals surface area contributed by atoms with Crippen LogP contribution in [-0.2, 0) is 33.6 Å². The van der Waals surface area contributed by atoms with Crippen molar-refractivity contribution < 1.29 is 14.4 Å². The van der Waals surface area contributed by atoms with E-state index in [1.165, 1.54) is 15.9 Å². The van der Waals surface area contributed by atoms with E-state index in [0.29, 0.717) is 32.2 Å². The van der Waals surface area contributed by atoms with E-state index < -0.39 is 12.1 Å². The molecule has 7 nitrogen and oxygen atoms in total. The first-order valence-electron chi connectivity index (χ1n) is 16.3. The lowest BCUT2D eigenvalue weighted by Crippen LogP contribution is -2.56. The van der Waals surface area contributed by atoms with Crippen molar-refractivity contribution in [2.45, 2.75) is 57.2 Å². The SMILES string of the molecule is CNC(C)(C)C/C=C/C(=O)N(C)C(Cc1ccc2ccccc2c1)C(=O)N(C)C(Cc1ccccc1)C(=O)NCCc1ccccc1. The second-order valence-electron chi connectivity index (χ2n) is 12.8. The fraction of sp³-hybridized carbons (Fsp3) is 0.325. The van der Waals surface area contributed by atoms with Crippen LogP contribution in [0.5, 0.6) is 0 Å². The minimum Gasteiger partial charge on any atom is -0.354 e. The normalized spacial score (nSPS) is 12.9. The highest BCUT2D eigenvalue weighted by Crippen LogP contribution is 2.20. The molecule has 246 valence electrons. The minimum absolute atomic E-state index is 0.172. The largest absolute Gasteiger partial charge is 0.354 e. The number of likely N-dealkylation sites (N-methyl/N-ethyl adjacent to an activating group) is 2. The number of carbonyl (C=O) groups is 3. The average molecular weight is 633 g/mol. The Morgan fingerprint density at radius 3 is 1.98 bits per heavy atom. The van der Waals surface area contributed by atoms with Gasteiger partial charge < -0.3 is 20.4 Å². The van der Waals surface area contributed by atoms with Gasteiger partial charge in [-0.2, -0.15) is 0 Å². The van der Waals surface area contributed by atoms with Gasteiger partial charge in [-0.3, -0.25) is 14.4 Å². The van der Waals surface area contributed by atoms with E-state index >= 15 is 0 Å². The number of benzene rings is 4. The van der Waals surface area contributed by atoms with Gasteiger partial charge in [-0.15, -0.1) is 0 Å². The molecular formula is C40H48N4O3. The first-order chi connectivity index (χ1) is 22.6. The molecule has 0 bridgehead atoms. The lowest BCUT2D eigenvalue weighted by atomic mass is 9.98. The van der Waals surface area contributed by atoms with Crippen LogP contribution in [0.25, 0.3) is 10.8 Å². The maximum Gasteiger partial charge on any atom is 0.246 e. The second-order valence-corrected chi connectivity index (χ2v) is 12.8. The molecule has 0 saturated heterocycles. The Balaban J connectivity index is 1.61. The Kier molecular flexibility index (Phi) is 12.5. The summed E-state index contributed by atoms with van der Waals surface area (Å²) in [7, 11) is 5.22. The Bertz CT molecular complexity index is 1650. The van der Waals surface area contributed by atoms with Gasteiger partial charge in [0, 0.05) is 39.0 Å². The van der Waals surface area contributed by atoms with E-state index in [4.69, 9.17) is 0 Å². The highest BCUT2D eigenvalue weighted by molar-refractivity contribution is 5.95. The van der Waals surface area contributed by atoms with Gasteiger partial charge in [-0.05, 0) is 67.3 Å². The Morgan fingerprint density at radius 1 is 0.723 bits per heavy atom. The van der Waals surface area contributed by atoms with Gasteiger partial charge in [-0.1, -0.05) is 109 Å². The molecule has 2 atom stereocenters. The maximum atomic E-state index is 14.5. The topological polar surface area (TPSA) is 81.8 Å². The van der Waals surface area contributed by atoms with Gasteiger partial charge in [0.1, 0.15) is 12.1 Å². The number of amides is 3. The van der Waals surface area contributed by atoms with Crippen LogP contribution in [0.4, 0.5) is 0 Å². The number of fused-ring (bicyclic) bond motifs is 1. The fourth-order valence-electron chi connectivity index (χ4n) is 5.53. The van der Waals surface area contributed by atoms with Gasteiger partial charge in [0.25, 0.3) is 0 Å². The fourth-order valence-corrected chi connectivity index (χ4v) is 5.53. The lowest BCUT2D eigenvalue weighted by molar-refractivity contribution is -0.146. The van der Waals surface area contributed by atoms with E-state index in [-0.39, 0.29) is 23.3 Å². The predicted octanol–water partition coefficient (Wildman–Crippen LogP) is 5.58. The number of nitrogens with zero attached hydrogens (tertiary/aromatic N) is 2. The zero-order valence-electron chi connectivity index (χ0n) is 28.3. The van der Waals surface area contributed by atoms with E-state index in [1.807, 2.05) is 110 Å². The molecule has 2 N–H and O–H groups in total. The third kappa shape index (κ3) is 10.1. The Hall–Kier alpha value is -4.75. The Labute approximate surface area is 279 Å². The predicted molar refractivity (Wildman–Crippen MR) is 191 cm³/mol. The molecular weight excluding hydrogens is 584 g/mol. The summed E-state index contributed by atoms with van der Waals surface area (Å²) in [5.74, 6) is -0.790. The molecule has 0 radical (unpaired) electrons. The lowest BCUT2D eigenvalue weighted by Gasteiger charge is -2.34. The maximum absolute atomic E-state index is 14.5. The van der Waals surface area contributed by atoms with Crippen LogP contribution in [0.1, 0.15) is 37.0 Å². The number of rotatable bonds is 15. The first-order valence-corrected chi connectivity index (χ1v) is 16.3. The molecule has 0 spiro atoms. The minimum atomic E-state index is -0.828. The van der Waals surface area contributed by atoms with Gasteiger partial charge >= 0.3 is 0 Å². The van der Waals surface area contributed by atoms with Crippen LogP contribution in [0.2, 0.25) is 0 Å².